The molecule has 0 fully saturated rings. The molecular formula is C16H29N3O2. The number of nitrogens with zero attached hydrogens (tertiary/aromatic N) is 2. The van der Waals surface area contributed by atoms with E-state index in [1.807, 2.05) is 40.2 Å². The fourth-order valence-electron chi connectivity index (χ4n) is 2.22. The summed E-state index contributed by atoms with van der Waals surface area (Å²) >= 11 is 0. The van der Waals surface area contributed by atoms with E-state index in [9.17, 15) is 4.79 Å². The van der Waals surface area contributed by atoms with E-state index in [0.717, 1.165) is 12.1 Å². The van der Waals surface area contributed by atoms with Crippen molar-refractivity contribution >= 4 is 6.09 Å². The maximum atomic E-state index is 11.9. The molecule has 1 unspecified atom stereocenters. The van der Waals surface area contributed by atoms with Gasteiger partial charge in [0.2, 0.25) is 0 Å². The molecule has 0 aliphatic rings. The van der Waals surface area contributed by atoms with Crippen LogP contribution >= 0.6 is 0 Å². The molecule has 1 amide bonds. The molecule has 0 aliphatic carbocycles. The van der Waals surface area contributed by atoms with Crippen LogP contribution in [0, 0.1) is 0 Å². The first-order chi connectivity index (χ1) is 9.74. The predicted molar refractivity (Wildman–Crippen MR) is 84.2 cm³/mol. The van der Waals surface area contributed by atoms with Gasteiger partial charge in [-0.05, 0) is 41.0 Å². The van der Waals surface area contributed by atoms with Crippen molar-refractivity contribution in [1.29, 1.82) is 0 Å². The Balaban J connectivity index is 2.68. The van der Waals surface area contributed by atoms with Gasteiger partial charge in [0.1, 0.15) is 5.60 Å². The van der Waals surface area contributed by atoms with Crippen LogP contribution in [-0.2, 0) is 4.74 Å². The third-order valence-electron chi connectivity index (χ3n) is 3.32. The van der Waals surface area contributed by atoms with Gasteiger partial charge in [0, 0.05) is 6.04 Å². The summed E-state index contributed by atoms with van der Waals surface area (Å²) in [7, 11) is 0. The average molecular weight is 295 g/mol. The van der Waals surface area contributed by atoms with Gasteiger partial charge in [-0.1, -0.05) is 19.8 Å². The summed E-state index contributed by atoms with van der Waals surface area (Å²) in [5.41, 5.74) is 0.516. The number of unbranched alkanes of at least 4 members (excludes halogenated alkanes) is 1. The number of ether oxygens (including phenoxy) is 1. The van der Waals surface area contributed by atoms with Crippen LogP contribution in [0.25, 0.3) is 0 Å². The molecule has 0 radical (unpaired) electrons. The second-order valence-corrected chi connectivity index (χ2v) is 6.58. The molecule has 0 aliphatic heterocycles. The fraction of sp³-hybridized carbons (Fsp3) is 0.750. The number of alkyl carbamates (subject to hydrolysis) is 1. The topological polar surface area (TPSA) is 56.2 Å². The molecule has 5 nitrogen and oxygen atoms in total. The number of rotatable bonds is 6. The minimum absolute atomic E-state index is 0.133. The Morgan fingerprint density at radius 1 is 1.43 bits per heavy atom. The van der Waals surface area contributed by atoms with Crippen LogP contribution < -0.4 is 5.32 Å². The maximum Gasteiger partial charge on any atom is 0.408 e. The lowest BCUT2D eigenvalue weighted by Crippen LogP contribution is -2.34. The number of amides is 1. The molecular weight excluding hydrogens is 266 g/mol. The van der Waals surface area contributed by atoms with Crippen LogP contribution in [0.15, 0.2) is 12.5 Å². The Labute approximate surface area is 128 Å². The van der Waals surface area contributed by atoms with Gasteiger partial charge < -0.3 is 14.6 Å². The molecule has 0 aromatic carbocycles. The second kappa shape index (κ2) is 7.48. The van der Waals surface area contributed by atoms with Gasteiger partial charge in [0.05, 0.1) is 24.3 Å². The first-order valence-corrected chi connectivity index (χ1v) is 7.75. The number of imidazole rings is 1. The van der Waals surface area contributed by atoms with Crippen molar-refractivity contribution in [1.82, 2.24) is 14.9 Å². The lowest BCUT2D eigenvalue weighted by atomic mass is 10.1. The number of hydrogen-bond acceptors (Lipinski definition) is 3. The summed E-state index contributed by atoms with van der Waals surface area (Å²) in [4.78, 5) is 16.1. The zero-order chi connectivity index (χ0) is 16.0. The van der Waals surface area contributed by atoms with Crippen molar-refractivity contribution < 1.29 is 9.53 Å². The Bertz CT molecular complexity index is 449. The summed E-state index contributed by atoms with van der Waals surface area (Å²) in [5.74, 6) is 0. The number of hydrogen-bond donors (Lipinski definition) is 1. The molecule has 0 saturated carbocycles. The predicted octanol–water partition coefficient (Wildman–Crippen LogP) is 4.22. The van der Waals surface area contributed by atoms with Crippen molar-refractivity contribution in [2.75, 3.05) is 0 Å². The van der Waals surface area contributed by atoms with Crippen molar-refractivity contribution in [2.24, 2.45) is 0 Å². The molecule has 21 heavy (non-hydrogen) atoms. The molecule has 1 aromatic rings. The maximum absolute atomic E-state index is 11.9. The Kier molecular flexibility index (Phi) is 6.24. The van der Waals surface area contributed by atoms with Gasteiger partial charge in [0.15, 0.2) is 0 Å². The van der Waals surface area contributed by atoms with Crippen LogP contribution in [0.3, 0.4) is 0 Å². The summed E-state index contributed by atoms with van der Waals surface area (Å²) in [6, 6.07) is 0.247. The zero-order valence-corrected chi connectivity index (χ0v) is 14.1. The Morgan fingerprint density at radius 3 is 2.67 bits per heavy atom. The number of aromatic nitrogens is 2. The second-order valence-electron chi connectivity index (χ2n) is 6.58. The molecule has 0 bridgehead atoms. The van der Waals surface area contributed by atoms with E-state index in [1.54, 1.807) is 0 Å². The third kappa shape index (κ3) is 5.78. The van der Waals surface area contributed by atoms with Crippen LogP contribution in [-0.4, -0.2) is 21.2 Å². The minimum Gasteiger partial charge on any atom is -0.444 e. The summed E-state index contributed by atoms with van der Waals surface area (Å²) in [5, 5.41) is 2.87. The Hall–Kier alpha value is -1.52. The van der Waals surface area contributed by atoms with E-state index in [1.165, 1.54) is 12.8 Å². The monoisotopic (exact) mass is 295 g/mol. The number of carbonyl (C=O) groups is 1. The van der Waals surface area contributed by atoms with E-state index >= 15 is 0 Å². The number of nitrogens with one attached hydrogen (secondary N) is 1. The molecule has 5 heteroatoms. The summed E-state index contributed by atoms with van der Waals surface area (Å²) in [6.07, 6.45) is 6.73. The van der Waals surface area contributed by atoms with Gasteiger partial charge >= 0.3 is 6.09 Å². The van der Waals surface area contributed by atoms with Gasteiger partial charge in [-0.15, -0.1) is 0 Å². The molecule has 2 atom stereocenters. The van der Waals surface area contributed by atoms with Crippen molar-refractivity contribution in [3.8, 4) is 0 Å². The number of carbonyl (C=O) groups excluding carboxylic acids is 1. The van der Waals surface area contributed by atoms with Crippen molar-refractivity contribution in [2.45, 2.75) is 78.5 Å². The highest BCUT2D eigenvalue weighted by Crippen LogP contribution is 2.21. The van der Waals surface area contributed by atoms with E-state index in [2.05, 4.69) is 28.7 Å². The summed E-state index contributed by atoms with van der Waals surface area (Å²) < 4.78 is 7.43. The van der Waals surface area contributed by atoms with E-state index < -0.39 is 11.7 Å². The summed E-state index contributed by atoms with van der Waals surface area (Å²) in [6.45, 7) is 11.9. The van der Waals surface area contributed by atoms with Crippen LogP contribution in [0.2, 0.25) is 0 Å². The van der Waals surface area contributed by atoms with Crippen LogP contribution in [0.5, 0.6) is 0 Å². The van der Waals surface area contributed by atoms with Gasteiger partial charge in [-0.3, -0.25) is 0 Å². The van der Waals surface area contributed by atoms with Gasteiger partial charge in [-0.2, -0.15) is 0 Å². The molecule has 1 aromatic heterocycles. The quantitative estimate of drug-likeness (QED) is 0.855. The van der Waals surface area contributed by atoms with Crippen molar-refractivity contribution in [3.63, 3.8) is 0 Å². The van der Waals surface area contributed by atoms with Gasteiger partial charge in [0.25, 0.3) is 0 Å². The van der Waals surface area contributed by atoms with Crippen molar-refractivity contribution in [3.05, 3.63) is 18.2 Å². The third-order valence-corrected chi connectivity index (χ3v) is 3.32. The SMILES string of the molecule is CCCCC(C)n1cncc1[C@H](C)NC(=O)OC(C)(C)C. The molecule has 1 heterocycles. The zero-order valence-electron chi connectivity index (χ0n) is 14.1. The highest BCUT2D eigenvalue weighted by molar-refractivity contribution is 5.68. The molecule has 120 valence electrons. The van der Waals surface area contributed by atoms with E-state index in [0.29, 0.717) is 6.04 Å². The van der Waals surface area contributed by atoms with E-state index in [-0.39, 0.29) is 6.04 Å². The highest BCUT2D eigenvalue weighted by atomic mass is 16.6. The molecule has 1 rings (SSSR count). The highest BCUT2D eigenvalue weighted by Gasteiger charge is 2.20. The lowest BCUT2D eigenvalue weighted by Gasteiger charge is -2.24. The smallest absolute Gasteiger partial charge is 0.408 e. The normalized spacial score (nSPS) is 14.6. The lowest BCUT2D eigenvalue weighted by molar-refractivity contribution is 0.0505. The average Bonchev–Trinajstić information content (AvgIpc) is 2.82. The largest absolute Gasteiger partial charge is 0.444 e. The van der Waals surface area contributed by atoms with Crippen LogP contribution in [0.1, 0.15) is 78.6 Å². The molecule has 1 N–H and O–H groups in total. The fourth-order valence-corrected chi connectivity index (χ4v) is 2.22. The first kappa shape index (κ1) is 17.5. The first-order valence-electron chi connectivity index (χ1n) is 7.75. The Morgan fingerprint density at radius 2 is 2.10 bits per heavy atom. The van der Waals surface area contributed by atoms with Crippen LogP contribution in [0.4, 0.5) is 4.79 Å². The van der Waals surface area contributed by atoms with E-state index in [4.69, 9.17) is 4.74 Å². The standard InChI is InChI=1S/C16H29N3O2/c1-7-8-9-12(2)19-11-17-10-14(19)13(3)18-15(20)21-16(4,5)6/h10-13H,7-9H2,1-6H3,(H,18,20)/t12?,13-/m0/s1. The molecule has 0 saturated heterocycles. The molecule has 0 spiro atoms. The minimum atomic E-state index is -0.488. The van der Waals surface area contributed by atoms with Gasteiger partial charge in [-0.25, -0.2) is 9.78 Å².